The maximum absolute atomic E-state index is 13.5. The summed E-state index contributed by atoms with van der Waals surface area (Å²) in [5.74, 6) is -0.350. The van der Waals surface area contributed by atoms with Gasteiger partial charge in [-0.05, 0) is 26.3 Å². The van der Waals surface area contributed by atoms with E-state index >= 15 is 0 Å². The smallest absolute Gasteiger partial charge is 0.128 e. The molecular formula is C14H16FNOS. The molecule has 1 aromatic heterocycles. The second-order valence-corrected chi connectivity index (χ2v) is 5.61. The molecule has 0 bridgehead atoms. The van der Waals surface area contributed by atoms with E-state index in [1.165, 1.54) is 10.9 Å². The second kappa shape index (κ2) is 5.59. The quantitative estimate of drug-likeness (QED) is 0.916. The monoisotopic (exact) mass is 265 g/mol. The first-order chi connectivity index (χ1) is 8.58. The molecule has 0 aliphatic heterocycles. The highest BCUT2D eigenvalue weighted by atomic mass is 32.1. The van der Waals surface area contributed by atoms with E-state index in [4.69, 9.17) is 0 Å². The van der Waals surface area contributed by atoms with Gasteiger partial charge in [-0.3, -0.25) is 0 Å². The molecule has 2 aromatic rings. The number of hydrogen-bond acceptors (Lipinski definition) is 3. The van der Waals surface area contributed by atoms with Crippen molar-refractivity contribution in [1.82, 2.24) is 4.98 Å². The van der Waals surface area contributed by atoms with Crippen LogP contribution in [0.2, 0.25) is 0 Å². The molecule has 1 unspecified atom stereocenters. The summed E-state index contributed by atoms with van der Waals surface area (Å²) in [6.45, 7) is 4.01. The SMILES string of the molecule is Cc1nc(CCC(O)c2ccccc2F)sc1C. The van der Waals surface area contributed by atoms with Crippen molar-refractivity contribution in [2.75, 3.05) is 0 Å². The predicted molar refractivity (Wildman–Crippen MR) is 71.3 cm³/mol. The molecule has 0 saturated heterocycles. The third-order valence-electron chi connectivity index (χ3n) is 2.97. The topological polar surface area (TPSA) is 33.1 Å². The van der Waals surface area contributed by atoms with Gasteiger partial charge in [0.25, 0.3) is 0 Å². The molecule has 0 aliphatic carbocycles. The third-order valence-corrected chi connectivity index (χ3v) is 4.10. The van der Waals surface area contributed by atoms with Crippen LogP contribution < -0.4 is 0 Å². The fourth-order valence-electron chi connectivity index (χ4n) is 1.81. The van der Waals surface area contributed by atoms with Crippen molar-refractivity contribution in [3.8, 4) is 0 Å². The van der Waals surface area contributed by atoms with Crippen LogP contribution in [0.3, 0.4) is 0 Å². The predicted octanol–water partition coefficient (Wildman–Crippen LogP) is 3.57. The molecule has 0 aliphatic rings. The highest BCUT2D eigenvalue weighted by Crippen LogP contribution is 2.24. The Morgan fingerprint density at radius 3 is 2.67 bits per heavy atom. The van der Waals surface area contributed by atoms with Crippen molar-refractivity contribution in [1.29, 1.82) is 0 Å². The number of aryl methyl sites for hydroxylation is 3. The lowest BCUT2D eigenvalue weighted by Gasteiger charge is -2.10. The maximum atomic E-state index is 13.5. The molecule has 0 saturated carbocycles. The Morgan fingerprint density at radius 2 is 2.06 bits per heavy atom. The molecule has 96 valence electrons. The summed E-state index contributed by atoms with van der Waals surface area (Å²) in [5, 5.41) is 11.0. The summed E-state index contributed by atoms with van der Waals surface area (Å²) < 4.78 is 13.5. The van der Waals surface area contributed by atoms with Crippen LogP contribution in [0.15, 0.2) is 24.3 Å². The minimum atomic E-state index is -0.768. The first-order valence-corrected chi connectivity index (χ1v) is 6.75. The Kier molecular flexibility index (Phi) is 4.09. The normalized spacial score (nSPS) is 12.7. The molecule has 0 fully saturated rings. The molecule has 1 N–H and O–H groups in total. The number of halogens is 1. The minimum absolute atomic E-state index is 0.350. The van der Waals surface area contributed by atoms with Gasteiger partial charge < -0.3 is 5.11 Å². The van der Waals surface area contributed by atoms with Crippen LogP contribution in [0.4, 0.5) is 4.39 Å². The highest BCUT2D eigenvalue weighted by molar-refractivity contribution is 7.11. The number of nitrogens with zero attached hydrogens (tertiary/aromatic N) is 1. The Balaban J connectivity index is 2.00. The summed E-state index contributed by atoms with van der Waals surface area (Å²) in [5.41, 5.74) is 1.40. The Bertz CT molecular complexity index is 519. The average molecular weight is 265 g/mol. The highest BCUT2D eigenvalue weighted by Gasteiger charge is 2.13. The van der Waals surface area contributed by atoms with Crippen LogP contribution in [0, 0.1) is 19.7 Å². The van der Waals surface area contributed by atoms with Crippen LogP contribution in [-0.2, 0) is 6.42 Å². The van der Waals surface area contributed by atoms with E-state index in [2.05, 4.69) is 4.98 Å². The van der Waals surface area contributed by atoms with E-state index in [-0.39, 0.29) is 5.82 Å². The lowest BCUT2D eigenvalue weighted by Crippen LogP contribution is -2.02. The zero-order chi connectivity index (χ0) is 13.1. The van der Waals surface area contributed by atoms with E-state index in [0.717, 1.165) is 10.7 Å². The van der Waals surface area contributed by atoms with Gasteiger partial charge in [-0.25, -0.2) is 9.37 Å². The molecule has 0 radical (unpaired) electrons. The molecular weight excluding hydrogens is 249 g/mol. The number of hydrogen-bond donors (Lipinski definition) is 1. The Hall–Kier alpha value is -1.26. The van der Waals surface area contributed by atoms with Gasteiger partial charge in [-0.2, -0.15) is 0 Å². The van der Waals surface area contributed by atoms with Crippen molar-refractivity contribution in [3.05, 3.63) is 51.2 Å². The summed E-state index contributed by atoms with van der Waals surface area (Å²) in [6.07, 6.45) is 0.401. The largest absolute Gasteiger partial charge is 0.388 e. The molecule has 2 rings (SSSR count). The van der Waals surface area contributed by atoms with Crippen LogP contribution >= 0.6 is 11.3 Å². The number of aliphatic hydroxyl groups is 1. The molecule has 0 amide bonds. The number of aromatic nitrogens is 1. The van der Waals surface area contributed by atoms with E-state index in [9.17, 15) is 9.50 Å². The van der Waals surface area contributed by atoms with Crippen LogP contribution in [-0.4, -0.2) is 10.1 Å². The van der Waals surface area contributed by atoms with Gasteiger partial charge in [0.1, 0.15) is 5.82 Å². The number of benzene rings is 1. The standard InChI is InChI=1S/C14H16FNOS/c1-9-10(2)18-14(16-9)8-7-13(17)11-5-3-4-6-12(11)15/h3-6,13,17H,7-8H2,1-2H3. The van der Waals surface area contributed by atoms with Crippen molar-refractivity contribution in [2.45, 2.75) is 32.8 Å². The number of rotatable bonds is 4. The van der Waals surface area contributed by atoms with Crippen LogP contribution in [0.5, 0.6) is 0 Å². The summed E-state index contributed by atoms with van der Waals surface area (Å²) in [6, 6.07) is 6.35. The van der Waals surface area contributed by atoms with Gasteiger partial charge in [0.2, 0.25) is 0 Å². The summed E-state index contributed by atoms with van der Waals surface area (Å²) in [7, 11) is 0. The van der Waals surface area contributed by atoms with Gasteiger partial charge in [0, 0.05) is 16.9 Å². The lowest BCUT2D eigenvalue weighted by molar-refractivity contribution is 0.163. The zero-order valence-corrected chi connectivity index (χ0v) is 11.3. The van der Waals surface area contributed by atoms with Crippen molar-refractivity contribution < 1.29 is 9.50 Å². The molecule has 2 nitrogen and oxygen atoms in total. The summed E-state index contributed by atoms with van der Waals surface area (Å²) in [4.78, 5) is 5.61. The molecule has 0 spiro atoms. The first kappa shape index (κ1) is 13.2. The van der Waals surface area contributed by atoms with E-state index < -0.39 is 6.10 Å². The van der Waals surface area contributed by atoms with E-state index in [1.54, 1.807) is 29.5 Å². The average Bonchev–Trinajstić information content (AvgIpc) is 2.66. The van der Waals surface area contributed by atoms with Gasteiger partial charge in [0.15, 0.2) is 0 Å². The molecule has 1 heterocycles. The van der Waals surface area contributed by atoms with Crippen molar-refractivity contribution in [2.24, 2.45) is 0 Å². The molecule has 1 atom stereocenters. The molecule has 4 heteroatoms. The zero-order valence-electron chi connectivity index (χ0n) is 10.5. The second-order valence-electron chi connectivity index (χ2n) is 4.33. The molecule has 18 heavy (non-hydrogen) atoms. The van der Waals surface area contributed by atoms with Gasteiger partial charge in [0.05, 0.1) is 16.8 Å². The van der Waals surface area contributed by atoms with Crippen LogP contribution in [0.1, 0.15) is 33.7 Å². The van der Waals surface area contributed by atoms with Crippen molar-refractivity contribution >= 4 is 11.3 Å². The fourth-order valence-corrected chi connectivity index (χ4v) is 2.76. The molecule has 1 aromatic carbocycles. The Labute approximate surface area is 110 Å². The van der Waals surface area contributed by atoms with Gasteiger partial charge >= 0.3 is 0 Å². The van der Waals surface area contributed by atoms with Crippen LogP contribution in [0.25, 0.3) is 0 Å². The Morgan fingerprint density at radius 1 is 1.33 bits per heavy atom. The summed E-state index contributed by atoms with van der Waals surface area (Å²) >= 11 is 1.64. The lowest BCUT2D eigenvalue weighted by atomic mass is 10.0. The van der Waals surface area contributed by atoms with Crippen molar-refractivity contribution in [3.63, 3.8) is 0 Å². The van der Waals surface area contributed by atoms with Gasteiger partial charge in [-0.1, -0.05) is 18.2 Å². The first-order valence-electron chi connectivity index (χ1n) is 5.93. The van der Waals surface area contributed by atoms with E-state index in [0.29, 0.717) is 18.4 Å². The minimum Gasteiger partial charge on any atom is -0.388 e. The number of thiazole rings is 1. The van der Waals surface area contributed by atoms with E-state index in [1.807, 2.05) is 13.8 Å². The third kappa shape index (κ3) is 2.94. The maximum Gasteiger partial charge on any atom is 0.128 e. The van der Waals surface area contributed by atoms with Gasteiger partial charge in [-0.15, -0.1) is 11.3 Å². The number of aliphatic hydroxyl groups excluding tert-OH is 1. The fraction of sp³-hybridized carbons (Fsp3) is 0.357.